The maximum atomic E-state index is 12.6. The van der Waals surface area contributed by atoms with Crippen molar-refractivity contribution < 1.29 is 13.2 Å². The van der Waals surface area contributed by atoms with Crippen molar-refractivity contribution in [3.8, 4) is 0 Å². The van der Waals surface area contributed by atoms with Gasteiger partial charge in [0.05, 0.1) is 5.69 Å². The average Bonchev–Trinajstić information content (AvgIpc) is 2.78. The first-order chi connectivity index (χ1) is 9.32. The molecule has 0 spiro atoms. The summed E-state index contributed by atoms with van der Waals surface area (Å²) in [5.74, 6) is 0.257. The monoisotopic (exact) mass is 309 g/mol. The van der Waals surface area contributed by atoms with E-state index in [2.05, 4.69) is 24.1 Å². The van der Waals surface area contributed by atoms with Crippen molar-refractivity contribution in [3.05, 3.63) is 10.6 Å². The van der Waals surface area contributed by atoms with Crippen LogP contribution in [0.15, 0.2) is 0 Å². The number of hydrogen-bond donors (Lipinski definition) is 1. The van der Waals surface area contributed by atoms with E-state index < -0.39 is 12.7 Å². The second kappa shape index (κ2) is 7.26. The molecule has 1 aromatic rings. The van der Waals surface area contributed by atoms with Crippen LogP contribution < -0.4 is 10.2 Å². The molecule has 20 heavy (non-hydrogen) atoms. The van der Waals surface area contributed by atoms with E-state index in [1.807, 2.05) is 7.05 Å². The highest BCUT2D eigenvalue weighted by molar-refractivity contribution is 7.15. The average molecular weight is 309 g/mol. The Morgan fingerprint density at radius 1 is 1.35 bits per heavy atom. The third-order valence-electron chi connectivity index (χ3n) is 3.16. The third-order valence-corrected chi connectivity index (χ3v) is 4.29. The minimum Gasteiger partial charge on any atom is -0.339 e. The zero-order valence-corrected chi connectivity index (χ0v) is 13.2. The highest BCUT2D eigenvalue weighted by Crippen LogP contribution is 2.33. The van der Waals surface area contributed by atoms with E-state index in [1.165, 1.54) is 16.2 Å². The SMILES string of the molecule is CCC(C)c1nc(N(CC)CC(F)(F)F)sc1CNC. The Hall–Kier alpha value is -0.820. The molecule has 0 saturated carbocycles. The largest absolute Gasteiger partial charge is 0.406 e. The van der Waals surface area contributed by atoms with Gasteiger partial charge in [-0.05, 0) is 26.3 Å². The van der Waals surface area contributed by atoms with Gasteiger partial charge in [0.2, 0.25) is 0 Å². The minimum absolute atomic E-state index is 0.257. The van der Waals surface area contributed by atoms with E-state index in [1.54, 1.807) is 6.92 Å². The van der Waals surface area contributed by atoms with E-state index in [9.17, 15) is 13.2 Å². The number of hydrogen-bond acceptors (Lipinski definition) is 4. The van der Waals surface area contributed by atoms with Crippen LogP contribution in [0.3, 0.4) is 0 Å². The van der Waals surface area contributed by atoms with E-state index in [0.29, 0.717) is 18.2 Å². The van der Waals surface area contributed by atoms with Gasteiger partial charge in [0.25, 0.3) is 0 Å². The molecule has 0 aliphatic carbocycles. The molecule has 1 aromatic heterocycles. The van der Waals surface area contributed by atoms with Crippen molar-refractivity contribution in [2.75, 3.05) is 25.0 Å². The lowest BCUT2D eigenvalue weighted by Gasteiger charge is -2.21. The third kappa shape index (κ3) is 4.63. The molecule has 116 valence electrons. The predicted octanol–water partition coefficient (Wildman–Crippen LogP) is 3.76. The smallest absolute Gasteiger partial charge is 0.339 e. The number of rotatable bonds is 7. The molecule has 1 rings (SSSR count). The number of halogens is 3. The molecule has 0 radical (unpaired) electrons. The summed E-state index contributed by atoms with van der Waals surface area (Å²) >= 11 is 1.35. The lowest BCUT2D eigenvalue weighted by atomic mass is 10.0. The lowest BCUT2D eigenvalue weighted by molar-refractivity contribution is -0.119. The maximum absolute atomic E-state index is 12.6. The van der Waals surface area contributed by atoms with Gasteiger partial charge in [-0.25, -0.2) is 4.98 Å². The van der Waals surface area contributed by atoms with Gasteiger partial charge in [-0.2, -0.15) is 13.2 Å². The molecule has 3 nitrogen and oxygen atoms in total. The van der Waals surface area contributed by atoms with Crippen molar-refractivity contribution in [1.29, 1.82) is 0 Å². The van der Waals surface area contributed by atoms with Crippen LogP contribution in [0.5, 0.6) is 0 Å². The lowest BCUT2D eigenvalue weighted by Crippen LogP contribution is -2.34. The number of anilines is 1. The van der Waals surface area contributed by atoms with Crippen LogP contribution in [0.2, 0.25) is 0 Å². The van der Waals surface area contributed by atoms with Gasteiger partial charge in [0.1, 0.15) is 6.54 Å². The number of alkyl halides is 3. The van der Waals surface area contributed by atoms with Crippen molar-refractivity contribution in [2.45, 2.75) is 45.8 Å². The van der Waals surface area contributed by atoms with Crippen molar-refractivity contribution in [1.82, 2.24) is 10.3 Å². The Morgan fingerprint density at radius 3 is 2.45 bits per heavy atom. The molecule has 0 bridgehead atoms. The molecular weight excluding hydrogens is 287 g/mol. The van der Waals surface area contributed by atoms with Crippen molar-refractivity contribution in [3.63, 3.8) is 0 Å². The van der Waals surface area contributed by atoms with Gasteiger partial charge in [0, 0.05) is 18.0 Å². The molecule has 0 amide bonds. The van der Waals surface area contributed by atoms with E-state index in [4.69, 9.17) is 0 Å². The number of aromatic nitrogens is 1. The first kappa shape index (κ1) is 17.2. The second-order valence-corrected chi connectivity index (χ2v) is 5.84. The Morgan fingerprint density at radius 2 is 2.00 bits per heavy atom. The van der Waals surface area contributed by atoms with Crippen LogP contribution in [0.1, 0.15) is 43.7 Å². The van der Waals surface area contributed by atoms with E-state index in [0.717, 1.165) is 17.0 Å². The fourth-order valence-corrected chi connectivity index (χ4v) is 3.14. The van der Waals surface area contributed by atoms with Crippen molar-refractivity contribution in [2.24, 2.45) is 0 Å². The van der Waals surface area contributed by atoms with Crippen LogP contribution in [0.25, 0.3) is 0 Å². The zero-order chi connectivity index (χ0) is 15.3. The summed E-state index contributed by atoms with van der Waals surface area (Å²) in [7, 11) is 1.83. The molecule has 0 saturated heterocycles. The fourth-order valence-electron chi connectivity index (χ4n) is 1.88. The Balaban J connectivity index is 3.04. The van der Waals surface area contributed by atoms with Crippen molar-refractivity contribution >= 4 is 16.5 Å². The summed E-state index contributed by atoms with van der Waals surface area (Å²) < 4.78 is 37.7. The van der Waals surface area contributed by atoms with E-state index >= 15 is 0 Å². The van der Waals surface area contributed by atoms with E-state index in [-0.39, 0.29) is 5.92 Å². The van der Waals surface area contributed by atoms with Crippen LogP contribution in [-0.2, 0) is 6.54 Å². The summed E-state index contributed by atoms with van der Waals surface area (Å²) in [6.07, 6.45) is -3.29. The summed E-state index contributed by atoms with van der Waals surface area (Å²) in [6, 6.07) is 0. The summed E-state index contributed by atoms with van der Waals surface area (Å²) in [4.78, 5) is 6.77. The minimum atomic E-state index is -4.21. The number of nitrogens with zero attached hydrogens (tertiary/aromatic N) is 2. The first-order valence-corrected chi connectivity index (χ1v) is 7.59. The van der Waals surface area contributed by atoms with Gasteiger partial charge in [-0.15, -0.1) is 11.3 Å². The highest BCUT2D eigenvalue weighted by atomic mass is 32.1. The van der Waals surface area contributed by atoms with Crippen LogP contribution in [0.4, 0.5) is 18.3 Å². The molecule has 1 unspecified atom stereocenters. The molecule has 7 heteroatoms. The molecule has 0 aliphatic heterocycles. The van der Waals surface area contributed by atoms with Gasteiger partial charge in [-0.1, -0.05) is 13.8 Å². The topological polar surface area (TPSA) is 28.2 Å². The van der Waals surface area contributed by atoms with Gasteiger partial charge in [0.15, 0.2) is 5.13 Å². The fraction of sp³-hybridized carbons (Fsp3) is 0.769. The molecular formula is C13H22F3N3S. The molecule has 1 heterocycles. The number of thiazole rings is 1. The van der Waals surface area contributed by atoms with Gasteiger partial charge >= 0.3 is 6.18 Å². The van der Waals surface area contributed by atoms with Crippen LogP contribution >= 0.6 is 11.3 Å². The quantitative estimate of drug-likeness (QED) is 0.831. The Bertz CT molecular complexity index is 417. The molecule has 0 aliphatic rings. The van der Waals surface area contributed by atoms with Gasteiger partial charge < -0.3 is 10.2 Å². The van der Waals surface area contributed by atoms with Crippen LogP contribution in [0, 0.1) is 0 Å². The Labute approximate surface area is 122 Å². The standard InChI is InChI=1S/C13H22F3N3S/c1-5-9(3)11-10(7-17-4)20-12(18-11)19(6-2)8-13(14,15)16/h9,17H,5-8H2,1-4H3. The maximum Gasteiger partial charge on any atom is 0.406 e. The molecule has 1 atom stereocenters. The second-order valence-electron chi connectivity index (χ2n) is 4.77. The predicted molar refractivity (Wildman–Crippen MR) is 77.5 cm³/mol. The molecule has 0 aromatic carbocycles. The van der Waals surface area contributed by atoms with Gasteiger partial charge in [-0.3, -0.25) is 0 Å². The summed E-state index contributed by atoms with van der Waals surface area (Å²) in [5.41, 5.74) is 0.919. The normalized spacial score (nSPS) is 13.6. The molecule has 1 N–H and O–H groups in total. The molecule has 0 fully saturated rings. The highest BCUT2D eigenvalue weighted by Gasteiger charge is 2.32. The first-order valence-electron chi connectivity index (χ1n) is 6.78. The summed E-state index contributed by atoms with van der Waals surface area (Å²) in [5, 5.41) is 3.51. The number of nitrogens with one attached hydrogen (secondary N) is 1. The Kier molecular flexibility index (Phi) is 6.26. The summed E-state index contributed by atoms with van der Waals surface area (Å²) in [6.45, 7) is 5.81. The van der Waals surface area contributed by atoms with Crippen LogP contribution in [-0.4, -0.2) is 31.3 Å². The zero-order valence-electron chi connectivity index (χ0n) is 12.3.